The van der Waals surface area contributed by atoms with Gasteiger partial charge in [-0.25, -0.2) is 18.7 Å². The summed E-state index contributed by atoms with van der Waals surface area (Å²) in [6.45, 7) is 1.74. The normalized spacial score (nSPS) is 13.4. The van der Waals surface area contributed by atoms with Crippen LogP contribution in [-0.2, 0) is 0 Å². The minimum atomic E-state index is -2.62. The quantitative estimate of drug-likeness (QED) is 0.736. The molecule has 0 radical (unpaired) electrons. The first-order valence-electron chi connectivity index (χ1n) is 3.47. The molecule has 12 heavy (non-hydrogen) atoms. The molecule has 3 nitrogen and oxygen atoms in total. The van der Waals surface area contributed by atoms with Gasteiger partial charge in [0, 0.05) is 24.0 Å². The van der Waals surface area contributed by atoms with Crippen LogP contribution in [0.1, 0.15) is 30.8 Å². The van der Waals surface area contributed by atoms with Crippen molar-refractivity contribution < 1.29 is 8.78 Å². The Balaban J connectivity index is 2.86. The Morgan fingerprint density at radius 2 is 1.83 bits per heavy atom. The van der Waals surface area contributed by atoms with E-state index in [0.717, 1.165) is 0 Å². The summed E-state index contributed by atoms with van der Waals surface area (Å²) >= 11 is 0. The fourth-order valence-electron chi connectivity index (χ4n) is 0.696. The Hall–Kier alpha value is -1.10. The standard InChI is InChI=1S/C7H9F2N3/c1-4(10)5-2-11-7(6(8)9)12-3-5/h2-4,6H,10H2,1H3. The van der Waals surface area contributed by atoms with Gasteiger partial charge in [-0.05, 0) is 6.92 Å². The molecule has 0 fully saturated rings. The van der Waals surface area contributed by atoms with E-state index in [0.29, 0.717) is 5.56 Å². The van der Waals surface area contributed by atoms with Gasteiger partial charge in [-0.3, -0.25) is 0 Å². The van der Waals surface area contributed by atoms with Crippen molar-refractivity contribution in [3.63, 3.8) is 0 Å². The van der Waals surface area contributed by atoms with Gasteiger partial charge in [0.15, 0.2) is 5.82 Å². The maximum Gasteiger partial charge on any atom is 0.297 e. The number of nitrogens with zero attached hydrogens (tertiary/aromatic N) is 2. The van der Waals surface area contributed by atoms with Gasteiger partial charge < -0.3 is 5.73 Å². The Kier molecular flexibility index (Phi) is 2.65. The summed E-state index contributed by atoms with van der Waals surface area (Å²) in [4.78, 5) is 6.92. The molecule has 5 heteroatoms. The third-order valence-corrected chi connectivity index (χ3v) is 1.41. The van der Waals surface area contributed by atoms with Crippen LogP contribution in [0.5, 0.6) is 0 Å². The van der Waals surface area contributed by atoms with E-state index in [1.54, 1.807) is 6.92 Å². The average molecular weight is 173 g/mol. The van der Waals surface area contributed by atoms with Crippen LogP contribution in [0.15, 0.2) is 12.4 Å². The molecule has 66 valence electrons. The van der Waals surface area contributed by atoms with Crippen molar-refractivity contribution in [3.8, 4) is 0 Å². The number of nitrogens with two attached hydrogens (primary N) is 1. The molecule has 0 aliphatic heterocycles. The number of alkyl halides is 2. The molecule has 0 aromatic carbocycles. The Labute approximate surface area is 68.6 Å². The molecular formula is C7H9F2N3. The maximum absolute atomic E-state index is 11.9. The highest BCUT2D eigenvalue weighted by atomic mass is 19.3. The van der Waals surface area contributed by atoms with E-state index < -0.39 is 12.2 Å². The Morgan fingerprint density at radius 1 is 1.33 bits per heavy atom. The van der Waals surface area contributed by atoms with Crippen LogP contribution in [0.2, 0.25) is 0 Å². The molecule has 0 saturated heterocycles. The van der Waals surface area contributed by atoms with E-state index >= 15 is 0 Å². The zero-order valence-electron chi connectivity index (χ0n) is 6.54. The van der Waals surface area contributed by atoms with E-state index in [2.05, 4.69) is 9.97 Å². The molecule has 1 atom stereocenters. The first-order valence-corrected chi connectivity index (χ1v) is 3.47. The first-order chi connectivity index (χ1) is 5.61. The lowest BCUT2D eigenvalue weighted by atomic mass is 10.2. The fourth-order valence-corrected chi connectivity index (χ4v) is 0.696. The Morgan fingerprint density at radius 3 is 2.17 bits per heavy atom. The van der Waals surface area contributed by atoms with Gasteiger partial charge in [-0.15, -0.1) is 0 Å². The molecule has 1 aromatic rings. The Bertz CT molecular complexity index is 218. The second-order valence-corrected chi connectivity index (χ2v) is 2.46. The van der Waals surface area contributed by atoms with E-state index in [4.69, 9.17) is 5.73 Å². The molecule has 1 aromatic heterocycles. The number of aromatic nitrogens is 2. The van der Waals surface area contributed by atoms with Gasteiger partial charge >= 0.3 is 0 Å². The molecule has 0 aliphatic rings. The number of rotatable bonds is 2. The summed E-state index contributed by atoms with van der Waals surface area (Å²) in [6, 6.07) is -0.225. The molecule has 0 aliphatic carbocycles. The van der Waals surface area contributed by atoms with Crippen LogP contribution in [-0.4, -0.2) is 9.97 Å². The molecule has 1 rings (SSSR count). The van der Waals surface area contributed by atoms with Gasteiger partial charge in [-0.2, -0.15) is 0 Å². The summed E-state index contributed by atoms with van der Waals surface area (Å²) in [7, 11) is 0. The SMILES string of the molecule is CC(N)c1cnc(C(F)F)nc1. The summed E-state index contributed by atoms with van der Waals surface area (Å²) in [6.07, 6.45) is 0.0188. The predicted octanol–water partition coefficient (Wildman–Crippen LogP) is 1.43. The fraction of sp³-hybridized carbons (Fsp3) is 0.429. The minimum Gasteiger partial charge on any atom is -0.324 e. The van der Waals surface area contributed by atoms with Crippen molar-refractivity contribution in [2.45, 2.75) is 19.4 Å². The lowest BCUT2D eigenvalue weighted by Crippen LogP contribution is -2.07. The number of hydrogen-bond donors (Lipinski definition) is 1. The summed E-state index contributed by atoms with van der Waals surface area (Å²) < 4.78 is 23.9. The van der Waals surface area contributed by atoms with Crippen LogP contribution < -0.4 is 5.73 Å². The van der Waals surface area contributed by atoms with E-state index in [1.807, 2.05) is 0 Å². The molecule has 1 unspecified atom stereocenters. The van der Waals surface area contributed by atoms with Gasteiger partial charge in [0.2, 0.25) is 0 Å². The zero-order valence-corrected chi connectivity index (χ0v) is 6.54. The monoisotopic (exact) mass is 173 g/mol. The van der Waals surface area contributed by atoms with Crippen molar-refractivity contribution in [3.05, 3.63) is 23.8 Å². The van der Waals surface area contributed by atoms with Gasteiger partial charge in [0.05, 0.1) is 0 Å². The second kappa shape index (κ2) is 3.53. The van der Waals surface area contributed by atoms with E-state index in [9.17, 15) is 8.78 Å². The maximum atomic E-state index is 11.9. The topological polar surface area (TPSA) is 51.8 Å². The minimum absolute atomic E-state index is 0.225. The summed E-state index contributed by atoms with van der Waals surface area (Å²) in [5, 5.41) is 0. The van der Waals surface area contributed by atoms with E-state index in [-0.39, 0.29) is 6.04 Å². The van der Waals surface area contributed by atoms with Crippen LogP contribution in [0.4, 0.5) is 8.78 Å². The van der Waals surface area contributed by atoms with Crippen LogP contribution in [0.3, 0.4) is 0 Å². The predicted molar refractivity (Wildman–Crippen MR) is 39.6 cm³/mol. The molecule has 0 bridgehead atoms. The molecule has 0 spiro atoms. The van der Waals surface area contributed by atoms with Crippen molar-refractivity contribution in [2.75, 3.05) is 0 Å². The smallest absolute Gasteiger partial charge is 0.297 e. The lowest BCUT2D eigenvalue weighted by molar-refractivity contribution is 0.140. The third-order valence-electron chi connectivity index (χ3n) is 1.41. The van der Waals surface area contributed by atoms with Crippen molar-refractivity contribution >= 4 is 0 Å². The van der Waals surface area contributed by atoms with Crippen molar-refractivity contribution in [1.29, 1.82) is 0 Å². The molecule has 1 heterocycles. The highest BCUT2D eigenvalue weighted by Crippen LogP contribution is 2.14. The van der Waals surface area contributed by atoms with Gasteiger partial charge in [0.25, 0.3) is 6.43 Å². The van der Waals surface area contributed by atoms with Gasteiger partial charge in [-0.1, -0.05) is 0 Å². The van der Waals surface area contributed by atoms with Crippen molar-refractivity contribution in [1.82, 2.24) is 9.97 Å². The number of halogens is 2. The second-order valence-electron chi connectivity index (χ2n) is 2.46. The molecule has 0 saturated carbocycles. The van der Waals surface area contributed by atoms with Gasteiger partial charge in [0.1, 0.15) is 0 Å². The first kappa shape index (κ1) is 8.99. The molecule has 0 amide bonds. The van der Waals surface area contributed by atoms with Crippen LogP contribution >= 0.6 is 0 Å². The van der Waals surface area contributed by atoms with Crippen LogP contribution in [0, 0.1) is 0 Å². The highest BCUT2D eigenvalue weighted by Gasteiger charge is 2.10. The largest absolute Gasteiger partial charge is 0.324 e. The van der Waals surface area contributed by atoms with E-state index in [1.165, 1.54) is 12.4 Å². The summed E-state index contributed by atoms with van der Waals surface area (Å²) in [5.74, 6) is -0.459. The van der Waals surface area contributed by atoms with Crippen molar-refractivity contribution in [2.24, 2.45) is 5.73 Å². The lowest BCUT2D eigenvalue weighted by Gasteiger charge is -2.04. The highest BCUT2D eigenvalue weighted by molar-refractivity contribution is 5.09. The van der Waals surface area contributed by atoms with Crippen LogP contribution in [0.25, 0.3) is 0 Å². The molecule has 2 N–H and O–H groups in total. The number of hydrogen-bond acceptors (Lipinski definition) is 3. The zero-order chi connectivity index (χ0) is 9.14. The third kappa shape index (κ3) is 1.94. The average Bonchev–Trinajstić information content (AvgIpc) is 2.04. The molecular weight excluding hydrogens is 164 g/mol. The summed E-state index contributed by atoms with van der Waals surface area (Å²) in [5.41, 5.74) is 6.12.